The summed E-state index contributed by atoms with van der Waals surface area (Å²) in [5.41, 5.74) is 4.32. The molecule has 2 atom stereocenters. The van der Waals surface area contributed by atoms with Crippen LogP contribution in [0.3, 0.4) is 0 Å². The van der Waals surface area contributed by atoms with Crippen LogP contribution in [-0.2, 0) is 12.8 Å². The van der Waals surface area contributed by atoms with Gasteiger partial charge in [0.05, 0.1) is 5.54 Å². The molecule has 0 amide bonds. The number of hydrogen-bond acceptors (Lipinski definition) is 1. The molecule has 2 aromatic rings. The average Bonchev–Trinajstić information content (AvgIpc) is 3.12. The first-order valence-corrected chi connectivity index (χ1v) is 11.7. The molecular weight excluding hydrogens is 456 g/mol. The first kappa shape index (κ1) is 23.7. The van der Waals surface area contributed by atoms with E-state index in [1.165, 1.54) is 17.2 Å². The number of hydrogen-bond donors (Lipinski definition) is 0. The summed E-state index contributed by atoms with van der Waals surface area (Å²) in [6.07, 6.45) is 5.15. The Hall–Kier alpha value is -1.94. The van der Waals surface area contributed by atoms with Crippen molar-refractivity contribution in [2.75, 3.05) is 6.54 Å². The monoisotopic (exact) mass is 487 g/mol. The summed E-state index contributed by atoms with van der Waals surface area (Å²) in [5.74, 6) is -0.286. The maximum atomic E-state index is 14.9. The smallest absolute Gasteiger partial charge is 0.129 e. The van der Waals surface area contributed by atoms with E-state index in [1.54, 1.807) is 13.0 Å². The molecule has 2 aromatic carbocycles. The maximum Gasteiger partial charge on any atom is 0.129 e. The van der Waals surface area contributed by atoms with Crippen molar-refractivity contribution in [1.29, 1.82) is 0 Å². The fourth-order valence-electron chi connectivity index (χ4n) is 4.89. The lowest BCUT2D eigenvalue weighted by atomic mass is 9.78. The molecule has 0 saturated carbocycles. The molecule has 1 aliphatic rings. The zero-order chi connectivity index (χ0) is 22.8. The largest absolute Gasteiger partial charge is 0.369 e. The van der Waals surface area contributed by atoms with Crippen molar-refractivity contribution in [3.8, 4) is 0 Å². The molecule has 0 radical (unpaired) electrons. The van der Waals surface area contributed by atoms with E-state index in [0.29, 0.717) is 29.5 Å². The number of benzene rings is 2. The van der Waals surface area contributed by atoms with Gasteiger partial charge in [0, 0.05) is 11.0 Å². The van der Waals surface area contributed by atoms with E-state index in [2.05, 4.69) is 48.2 Å². The zero-order valence-corrected chi connectivity index (χ0v) is 20.5. The van der Waals surface area contributed by atoms with Crippen LogP contribution in [-0.4, -0.2) is 17.0 Å². The Balaban J connectivity index is 2.05. The highest BCUT2D eigenvalue weighted by Gasteiger charge is 2.38. The van der Waals surface area contributed by atoms with E-state index >= 15 is 0 Å². The minimum absolute atomic E-state index is 0.0691. The summed E-state index contributed by atoms with van der Waals surface area (Å²) in [6, 6.07) is 10.8. The van der Waals surface area contributed by atoms with Crippen molar-refractivity contribution in [3.05, 3.63) is 93.1 Å². The van der Waals surface area contributed by atoms with Crippen molar-refractivity contribution in [3.63, 3.8) is 0 Å². The van der Waals surface area contributed by atoms with Crippen LogP contribution in [0, 0.1) is 24.5 Å². The van der Waals surface area contributed by atoms with Crippen LogP contribution in [0.15, 0.2) is 64.8 Å². The molecule has 2 unspecified atom stereocenters. The van der Waals surface area contributed by atoms with Crippen LogP contribution in [0.5, 0.6) is 0 Å². The molecule has 3 rings (SSSR count). The molecule has 4 heteroatoms. The lowest BCUT2D eigenvalue weighted by Crippen LogP contribution is -2.39. The second-order valence-electron chi connectivity index (χ2n) is 8.97. The normalized spacial score (nSPS) is 20.5. The zero-order valence-electron chi connectivity index (χ0n) is 18.9. The second kappa shape index (κ2) is 9.68. The van der Waals surface area contributed by atoms with Crippen LogP contribution in [0.4, 0.5) is 8.78 Å². The predicted octanol–water partition coefficient (Wildman–Crippen LogP) is 7.77. The lowest BCUT2D eigenvalue weighted by molar-refractivity contribution is 0.266. The fraction of sp³-hybridized carbons (Fsp3) is 0.407. The topological polar surface area (TPSA) is 3.24 Å². The molecule has 1 heterocycles. The molecule has 0 aliphatic carbocycles. The van der Waals surface area contributed by atoms with Gasteiger partial charge in [-0.3, -0.25) is 0 Å². The number of rotatable bonds is 7. The van der Waals surface area contributed by atoms with Crippen molar-refractivity contribution in [1.82, 2.24) is 4.90 Å². The molecule has 1 nitrogen and oxygen atoms in total. The Bertz CT molecular complexity index is 997. The lowest BCUT2D eigenvalue weighted by Gasteiger charge is -2.38. The van der Waals surface area contributed by atoms with Gasteiger partial charge in [-0.1, -0.05) is 59.3 Å². The molecule has 0 aromatic heterocycles. The highest BCUT2D eigenvalue weighted by atomic mass is 79.9. The molecule has 0 spiro atoms. The fourth-order valence-corrected chi connectivity index (χ4v) is 5.23. The van der Waals surface area contributed by atoms with E-state index < -0.39 is 0 Å². The molecule has 0 bridgehead atoms. The van der Waals surface area contributed by atoms with Crippen LogP contribution in [0.25, 0.3) is 0 Å². The van der Waals surface area contributed by atoms with Gasteiger partial charge >= 0.3 is 0 Å². The molecule has 1 fully saturated rings. The number of nitrogens with zero attached hydrogens (tertiary/aromatic N) is 1. The van der Waals surface area contributed by atoms with Gasteiger partial charge in [-0.25, -0.2) is 8.78 Å². The van der Waals surface area contributed by atoms with E-state index in [1.807, 2.05) is 30.5 Å². The van der Waals surface area contributed by atoms with Gasteiger partial charge < -0.3 is 4.90 Å². The van der Waals surface area contributed by atoms with Crippen LogP contribution in [0.1, 0.15) is 50.3 Å². The van der Waals surface area contributed by atoms with E-state index in [4.69, 9.17) is 0 Å². The SMILES string of the molecule is C=CN1CCCC1(C)/C(C)=C(\Cc1cccc(C)c1F)C(C)Cc1ccc(Br)cc1F. The Labute approximate surface area is 194 Å². The van der Waals surface area contributed by atoms with Crippen LogP contribution < -0.4 is 0 Å². The summed E-state index contributed by atoms with van der Waals surface area (Å²) in [4.78, 5) is 2.29. The molecule has 166 valence electrons. The first-order chi connectivity index (χ1) is 14.7. The summed E-state index contributed by atoms with van der Waals surface area (Å²) < 4.78 is 30.2. The van der Waals surface area contributed by atoms with E-state index in [9.17, 15) is 8.78 Å². The number of allylic oxidation sites excluding steroid dienone is 1. The quantitative estimate of drug-likeness (QED) is 0.360. The molecule has 1 aliphatic heterocycles. The van der Waals surface area contributed by atoms with Crippen LogP contribution in [0.2, 0.25) is 0 Å². The predicted molar refractivity (Wildman–Crippen MR) is 129 cm³/mol. The van der Waals surface area contributed by atoms with Crippen molar-refractivity contribution >= 4 is 15.9 Å². The van der Waals surface area contributed by atoms with E-state index in [0.717, 1.165) is 23.9 Å². The number of aryl methyl sites for hydroxylation is 1. The van der Waals surface area contributed by atoms with Crippen molar-refractivity contribution < 1.29 is 8.78 Å². The van der Waals surface area contributed by atoms with Crippen LogP contribution >= 0.6 is 15.9 Å². The number of likely N-dealkylation sites (tertiary alicyclic amines) is 1. The minimum Gasteiger partial charge on any atom is -0.369 e. The second-order valence-corrected chi connectivity index (χ2v) is 9.88. The summed E-state index contributed by atoms with van der Waals surface area (Å²) >= 11 is 3.33. The first-order valence-electron chi connectivity index (χ1n) is 10.9. The van der Waals surface area contributed by atoms with Crippen molar-refractivity contribution in [2.45, 2.75) is 58.9 Å². The van der Waals surface area contributed by atoms with Gasteiger partial charge in [-0.05, 0) is 93.0 Å². The minimum atomic E-state index is -0.209. The Morgan fingerprint density at radius 3 is 2.68 bits per heavy atom. The maximum absolute atomic E-state index is 14.9. The van der Waals surface area contributed by atoms with Gasteiger partial charge in [0.25, 0.3) is 0 Å². The third-order valence-corrected chi connectivity index (χ3v) is 7.49. The Morgan fingerprint density at radius 2 is 2.00 bits per heavy atom. The van der Waals surface area contributed by atoms with Crippen molar-refractivity contribution in [2.24, 2.45) is 5.92 Å². The third-order valence-electron chi connectivity index (χ3n) is 7.00. The number of halogens is 3. The summed E-state index contributed by atoms with van der Waals surface area (Å²) in [7, 11) is 0. The Kier molecular flexibility index (Phi) is 7.41. The summed E-state index contributed by atoms with van der Waals surface area (Å²) in [6.45, 7) is 13.3. The molecule has 0 N–H and O–H groups in total. The van der Waals surface area contributed by atoms with Gasteiger partial charge in [0.1, 0.15) is 11.6 Å². The van der Waals surface area contributed by atoms with Gasteiger partial charge in [-0.2, -0.15) is 0 Å². The summed E-state index contributed by atoms with van der Waals surface area (Å²) in [5, 5.41) is 0. The molecule has 31 heavy (non-hydrogen) atoms. The third kappa shape index (κ3) is 4.95. The van der Waals surface area contributed by atoms with Gasteiger partial charge in [-0.15, -0.1) is 0 Å². The van der Waals surface area contributed by atoms with Gasteiger partial charge in [0.15, 0.2) is 0 Å². The standard InChI is InChI=1S/C27H32BrF2N/c1-6-31-14-8-13-27(31,5)20(4)24(16-22-10-7-9-18(2)26(22)30)19(3)15-21-11-12-23(28)17-25(21)29/h6-7,9-12,17,19H,1,8,13-16H2,2-5H3/b24-20+. The van der Waals surface area contributed by atoms with E-state index in [-0.39, 0.29) is 23.1 Å². The highest BCUT2D eigenvalue weighted by molar-refractivity contribution is 9.10. The molecular formula is C27H32BrF2N. The van der Waals surface area contributed by atoms with Gasteiger partial charge in [0.2, 0.25) is 0 Å². The Morgan fingerprint density at radius 1 is 1.26 bits per heavy atom. The highest BCUT2D eigenvalue weighted by Crippen LogP contribution is 2.40. The average molecular weight is 488 g/mol. The molecule has 1 saturated heterocycles.